The molecule has 9 heteroatoms. The standard InChI is InChI=1S/C20H26N4O5/c1-13(2)11-16(18(26)22-24-12-17(25)21-20(24)28)15(19(27)23-29)10-6-9-14-7-4-3-5-8-14/h3-9,13,15-16,29H,10-12H2,1-2H3,(H,22,26)(H,23,27)(H,21,25,28)/b9-6+/t15-,16-/m1/s1. The Morgan fingerprint density at radius 2 is 1.86 bits per heavy atom. The van der Waals surface area contributed by atoms with E-state index >= 15 is 0 Å². The van der Waals surface area contributed by atoms with Crippen LogP contribution in [0.5, 0.6) is 0 Å². The maximum absolute atomic E-state index is 12.9. The minimum atomic E-state index is -0.858. The van der Waals surface area contributed by atoms with E-state index in [0.29, 0.717) is 6.42 Å². The average molecular weight is 402 g/mol. The molecule has 1 aromatic carbocycles. The number of urea groups is 1. The first-order valence-electron chi connectivity index (χ1n) is 9.39. The summed E-state index contributed by atoms with van der Waals surface area (Å²) in [6.45, 7) is 3.52. The maximum Gasteiger partial charge on any atom is 0.343 e. The van der Waals surface area contributed by atoms with Gasteiger partial charge in [0.05, 0.1) is 11.8 Å². The monoisotopic (exact) mass is 402 g/mol. The van der Waals surface area contributed by atoms with E-state index < -0.39 is 35.6 Å². The van der Waals surface area contributed by atoms with Crippen molar-refractivity contribution in [3.8, 4) is 0 Å². The van der Waals surface area contributed by atoms with Crippen LogP contribution in [0.25, 0.3) is 6.08 Å². The molecule has 5 amide bonds. The Kier molecular flexibility index (Phi) is 7.90. The van der Waals surface area contributed by atoms with Crippen LogP contribution < -0.4 is 16.2 Å². The molecule has 0 saturated carbocycles. The van der Waals surface area contributed by atoms with Crippen molar-refractivity contribution in [3.63, 3.8) is 0 Å². The molecule has 0 bridgehead atoms. The van der Waals surface area contributed by atoms with E-state index in [1.165, 1.54) is 0 Å². The van der Waals surface area contributed by atoms with Crippen LogP contribution in [0.1, 0.15) is 32.3 Å². The molecule has 2 rings (SSSR count). The fourth-order valence-electron chi connectivity index (χ4n) is 3.16. The summed E-state index contributed by atoms with van der Waals surface area (Å²) in [7, 11) is 0. The number of imide groups is 1. The van der Waals surface area contributed by atoms with E-state index in [4.69, 9.17) is 0 Å². The van der Waals surface area contributed by atoms with Crippen LogP contribution in [0.15, 0.2) is 36.4 Å². The zero-order valence-corrected chi connectivity index (χ0v) is 16.4. The van der Waals surface area contributed by atoms with E-state index in [1.807, 2.05) is 50.3 Å². The molecule has 4 N–H and O–H groups in total. The summed E-state index contributed by atoms with van der Waals surface area (Å²) in [6.07, 6.45) is 4.15. The van der Waals surface area contributed by atoms with Crippen molar-refractivity contribution in [1.82, 2.24) is 21.2 Å². The lowest BCUT2D eigenvalue weighted by Crippen LogP contribution is -2.49. The van der Waals surface area contributed by atoms with E-state index in [-0.39, 0.29) is 18.9 Å². The van der Waals surface area contributed by atoms with Crippen molar-refractivity contribution in [2.24, 2.45) is 17.8 Å². The Morgan fingerprint density at radius 1 is 1.17 bits per heavy atom. The lowest BCUT2D eigenvalue weighted by Gasteiger charge is -2.27. The second-order valence-corrected chi connectivity index (χ2v) is 7.28. The minimum Gasteiger partial charge on any atom is -0.289 e. The first-order valence-corrected chi connectivity index (χ1v) is 9.39. The molecule has 29 heavy (non-hydrogen) atoms. The van der Waals surface area contributed by atoms with Gasteiger partial charge in [-0.3, -0.25) is 30.3 Å². The summed E-state index contributed by atoms with van der Waals surface area (Å²) in [5, 5.41) is 12.1. The van der Waals surface area contributed by atoms with Gasteiger partial charge in [0, 0.05) is 0 Å². The number of nitrogens with one attached hydrogen (secondary N) is 3. The number of hydrazine groups is 1. The summed E-state index contributed by atoms with van der Waals surface area (Å²) < 4.78 is 0. The van der Waals surface area contributed by atoms with Crippen LogP contribution in [-0.2, 0) is 14.4 Å². The summed E-state index contributed by atoms with van der Waals surface area (Å²) >= 11 is 0. The Morgan fingerprint density at radius 3 is 2.41 bits per heavy atom. The molecule has 2 atom stereocenters. The van der Waals surface area contributed by atoms with Crippen LogP contribution in [-0.4, -0.2) is 40.5 Å². The summed E-state index contributed by atoms with van der Waals surface area (Å²) in [5.41, 5.74) is 4.98. The van der Waals surface area contributed by atoms with Crippen LogP contribution in [0.2, 0.25) is 0 Å². The number of allylic oxidation sites excluding steroid dienone is 1. The molecule has 1 saturated heterocycles. The fraction of sp³-hybridized carbons (Fsp3) is 0.400. The Balaban J connectivity index is 2.17. The van der Waals surface area contributed by atoms with Gasteiger partial charge < -0.3 is 0 Å². The normalized spacial score (nSPS) is 16.1. The van der Waals surface area contributed by atoms with Gasteiger partial charge in [0.2, 0.25) is 17.7 Å². The van der Waals surface area contributed by atoms with E-state index in [9.17, 15) is 24.4 Å². The molecular formula is C20H26N4O5. The largest absolute Gasteiger partial charge is 0.343 e. The summed E-state index contributed by atoms with van der Waals surface area (Å²) in [4.78, 5) is 48.2. The van der Waals surface area contributed by atoms with Crippen molar-refractivity contribution in [1.29, 1.82) is 0 Å². The predicted molar refractivity (Wildman–Crippen MR) is 105 cm³/mol. The topological polar surface area (TPSA) is 128 Å². The molecule has 0 unspecified atom stereocenters. The molecule has 9 nitrogen and oxygen atoms in total. The van der Waals surface area contributed by atoms with Crippen LogP contribution >= 0.6 is 0 Å². The fourth-order valence-corrected chi connectivity index (χ4v) is 3.16. The zero-order valence-electron chi connectivity index (χ0n) is 16.4. The Hall–Kier alpha value is -3.20. The summed E-state index contributed by atoms with van der Waals surface area (Å²) in [6, 6.07) is 8.74. The first kappa shape index (κ1) is 22.1. The third-order valence-electron chi connectivity index (χ3n) is 4.53. The molecule has 0 spiro atoms. The van der Waals surface area contributed by atoms with Gasteiger partial charge in [0.25, 0.3) is 0 Å². The van der Waals surface area contributed by atoms with E-state index in [2.05, 4.69) is 10.7 Å². The van der Waals surface area contributed by atoms with Gasteiger partial charge in [-0.25, -0.2) is 15.3 Å². The highest BCUT2D eigenvalue weighted by molar-refractivity contribution is 6.02. The molecule has 1 aliphatic heterocycles. The van der Waals surface area contributed by atoms with Crippen LogP contribution in [0.4, 0.5) is 4.79 Å². The lowest BCUT2D eigenvalue weighted by molar-refractivity contribution is -0.142. The molecular weight excluding hydrogens is 376 g/mol. The zero-order chi connectivity index (χ0) is 21.4. The van der Waals surface area contributed by atoms with Crippen molar-refractivity contribution >= 4 is 29.8 Å². The third-order valence-corrected chi connectivity index (χ3v) is 4.53. The maximum atomic E-state index is 12.9. The van der Waals surface area contributed by atoms with Gasteiger partial charge in [-0.1, -0.05) is 56.3 Å². The molecule has 1 aromatic rings. The molecule has 0 radical (unpaired) electrons. The number of hydroxylamine groups is 1. The van der Waals surface area contributed by atoms with Crippen molar-refractivity contribution < 1.29 is 24.4 Å². The third kappa shape index (κ3) is 6.42. The second-order valence-electron chi connectivity index (χ2n) is 7.28. The highest BCUT2D eigenvalue weighted by atomic mass is 16.5. The number of hydrogen-bond donors (Lipinski definition) is 4. The number of carbonyl (C=O) groups is 4. The van der Waals surface area contributed by atoms with Gasteiger partial charge in [-0.2, -0.15) is 0 Å². The second kappa shape index (κ2) is 10.4. The number of benzene rings is 1. The molecule has 156 valence electrons. The molecule has 1 heterocycles. The molecule has 1 aliphatic rings. The average Bonchev–Trinajstić information content (AvgIpc) is 3.00. The highest BCUT2D eigenvalue weighted by Crippen LogP contribution is 2.25. The number of amides is 5. The van der Waals surface area contributed by atoms with Gasteiger partial charge in [-0.15, -0.1) is 0 Å². The summed E-state index contributed by atoms with van der Waals surface area (Å²) in [5.74, 6) is -3.37. The number of hydrogen-bond acceptors (Lipinski definition) is 5. The van der Waals surface area contributed by atoms with Crippen molar-refractivity contribution in [2.75, 3.05) is 6.54 Å². The van der Waals surface area contributed by atoms with Gasteiger partial charge in [-0.05, 0) is 24.3 Å². The molecule has 0 aliphatic carbocycles. The highest BCUT2D eigenvalue weighted by Gasteiger charge is 2.36. The molecule has 0 aromatic heterocycles. The van der Waals surface area contributed by atoms with Gasteiger partial charge in [0.1, 0.15) is 6.54 Å². The predicted octanol–water partition coefficient (Wildman–Crippen LogP) is 1.46. The van der Waals surface area contributed by atoms with Crippen LogP contribution in [0, 0.1) is 17.8 Å². The van der Waals surface area contributed by atoms with Gasteiger partial charge in [0.15, 0.2) is 0 Å². The minimum absolute atomic E-state index is 0.0758. The van der Waals surface area contributed by atoms with E-state index in [0.717, 1.165) is 10.6 Å². The van der Waals surface area contributed by atoms with E-state index in [1.54, 1.807) is 11.6 Å². The SMILES string of the molecule is CC(C)C[C@@H](C(=O)NN1CC(=O)NC1=O)[C@@H](C/C=C/c1ccccc1)C(=O)NO. The first-order chi connectivity index (χ1) is 13.8. The van der Waals surface area contributed by atoms with Crippen molar-refractivity contribution in [2.45, 2.75) is 26.7 Å². The van der Waals surface area contributed by atoms with Gasteiger partial charge >= 0.3 is 6.03 Å². The number of rotatable bonds is 9. The smallest absolute Gasteiger partial charge is 0.289 e. The number of nitrogens with zero attached hydrogens (tertiary/aromatic N) is 1. The number of carbonyl (C=O) groups excluding carboxylic acids is 4. The molecule has 1 fully saturated rings. The Bertz CT molecular complexity index is 778. The van der Waals surface area contributed by atoms with Crippen LogP contribution in [0.3, 0.4) is 0 Å². The van der Waals surface area contributed by atoms with Crippen molar-refractivity contribution in [3.05, 3.63) is 42.0 Å². The quantitative estimate of drug-likeness (QED) is 0.282. The lowest BCUT2D eigenvalue weighted by atomic mass is 9.82. The Labute approximate surface area is 169 Å².